The van der Waals surface area contributed by atoms with E-state index in [0.29, 0.717) is 17.6 Å². The lowest BCUT2D eigenvalue weighted by Crippen LogP contribution is -2.44. The first kappa shape index (κ1) is 15.4. The van der Waals surface area contributed by atoms with E-state index in [4.69, 9.17) is 9.84 Å². The Kier molecular flexibility index (Phi) is 5.12. The summed E-state index contributed by atoms with van der Waals surface area (Å²) in [5.41, 5.74) is 0.995. The topological polar surface area (TPSA) is 49.8 Å². The number of rotatable bonds is 4. The third-order valence-electron chi connectivity index (χ3n) is 3.55. The summed E-state index contributed by atoms with van der Waals surface area (Å²) in [7, 11) is 0. The van der Waals surface area contributed by atoms with Crippen LogP contribution < -0.4 is 0 Å². The zero-order valence-corrected chi connectivity index (χ0v) is 12.8. The van der Waals surface area contributed by atoms with Crippen LogP contribution in [0.15, 0.2) is 22.7 Å². The van der Waals surface area contributed by atoms with E-state index in [1.54, 1.807) is 12.1 Å². The van der Waals surface area contributed by atoms with Gasteiger partial charge in [0.1, 0.15) is 5.82 Å². The van der Waals surface area contributed by atoms with Crippen molar-refractivity contribution in [2.45, 2.75) is 25.5 Å². The van der Waals surface area contributed by atoms with E-state index in [0.717, 1.165) is 12.1 Å². The number of carboxylic acid groups (broad SMARTS) is 1. The minimum absolute atomic E-state index is 0.0103. The molecule has 110 valence electrons. The number of halogens is 2. The lowest BCUT2D eigenvalue weighted by Gasteiger charge is -2.36. The number of benzene rings is 1. The molecule has 0 amide bonds. The van der Waals surface area contributed by atoms with Crippen molar-refractivity contribution < 1.29 is 19.0 Å². The molecule has 2 unspecified atom stereocenters. The summed E-state index contributed by atoms with van der Waals surface area (Å²) in [4.78, 5) is 12.9. The minimum atomic E-state index is -0.853. The second-order valence-corrected chi connectivity index (χ2v) is 5.79. The molecule has 1 saturated heterocycles. The van der Waals surface area contributed by atoms with Crippen LogP contribution in [0.25, 0.3) is 0 Å². The smallest absolute Gasteiger partial charge is 0.306 e. The second-order valence-electron chi connectivity index (χ2n) is 4.94. The number of ether oxygens (including phenoxy) is 1. The SMILES string of the molecule is CC(c1ccc(F)c(Br)c1)N1CCOC(CC(=O)O)C1. The summed E-state index contributed by atoms with van der Waals surface area (Å²) < 4.78 is 19.2. The van der Waals surface area contributed by atoms with Gasteiger partial charge in [-0.1, -0.05) is 6.07 Å². The normalized spacial score (nSPS) is 21.6. The van der Waals surface area contributed by atoms with Crippen LogP contribution in [0.1, 0.15) is 24.9 Å². The number of hydrogen-bond donors (Lipinski definition) is 1. The van der Waals surface area contributed by atoms with Gasteiger partial charge in [-0.25, -0.2) is 4.39 Å². The molecule has 0 radical (unpaired) electrons. The average Bonchev–Trinajstić information content (AvgIpc) is 2.40. The van der Waals surface area contributed by atoms with Crippen molar-refractivity contribution in [2.75, 3.05) is 19.7 Å². The molecule has 2 rings (SSSR count). The van der Waals surface area contributed by atoms with Gasteiger partial charge in [0.05, 0.1) is 23.6 Å². The Bertz CT molecular complexity index is 497. The van der Waals surface area contributed by atoms with Crippen LogP contribution in [0.4, 0.5) is 4.39 Å². The van der Waals surface area contributed by atoms with Gasteiger partial charge in [0, 0.05) is 19.1 Å². The van der Waals surface area contributed by atoms with Crippen molar-refractivity contribution in [1.29, 1.82) is 0 Å². The first-order valence-electron chi connectivity index (χ1n) is 6.49. The van der Waals surface area contributed by atoms with Gasteiger partial charge in [0.15, 0.2) is 0 Å². The molecule has 0 bridgehead atoms. The Morgan fingerprint density at radius 3 is 3.05 bits per heavy atom. The van der Waals surface area contributed by atoms with Crippen molar-refractivity contribution in [3.8, 4) is 0 Å². The molecular weight excluding hydrogens is 329 g/mol. The quantitative estimate of drug-likeness (QED) is 0.911. The van der Waals surface area contributed by atoms with E-state index in [-0.39, 0.29) is 24.4 Å². The van der Waals surface area contributed by atoms with Gasteiger partial charge >= 0.3 is 5.97 Å². The number of carboxylic acids is 1. The summed E-state index contributed by atoms with van der Waals surface area (Å²) in [5, 5.41) is 8.83. The van der Waals surface area contributed by atoms with Gasteiger partial charge in [0.2, 0.25) is 0 Å². The van der Waals surface area contributed by atoms with E-state index >= 15 is 0 Å². The molecule has 1 aliphatic rings. The maximum atomic E-state index is 13.3. The number of morpholine rings is 1. The molecule has 1 heterocycles. The summed E-state index contributed by atoms with van der Waals surface area (Å²) in [6.45, 7) is 3.86. The predicted molar refractivity (Wildman–Crippen MR) is 76.1 cm³/mol. The summed E-state index contributed by atoms with van der Waals surface area (Å²) >= 11 is 3.19. The number of aliphatic carboxylic acids is 1. The molecule has 1 aromatic rings. The molecule has 1 aromatic carbocycles. The average molecular weight is 346 g/mol. The molecule has 2 atom stereocenters. The van der Waals surface area contributed by atoms with Crippen molar-refractivity contribution in [3.63, 3.8) is 0 Å². The maximum absolute atomic E-state index is 13.3. The van der Waals surface area contributed by atoms with Gasteiger partial charge in [-0.15, -0.1) is 0 Å². The molecule has 1 aliphatic heterocycles. The minimum Gasteiger partial charge on any atom is -0.481 e. The highest BCUT2D eigenvalue weighted by molar-refractivity contribution is 9.10. The van der Waals surface area contributed by atoms with Crippen LogP contribution in [-0.4, -0.2) is 41.8 Å². The Hall–Kier alpha value is -0.980. The van der Waals surface area contributed by atoms with Gasteiger partial charge < -0.3 is 9.84 Å². The molecule has 1 fully saturated rings. The van der Waals surface area contributed by atoms with Crippen LogP contribution in [0.2, 0.25) is 0 Å². The molecule has 4 nitrogen and oxygen atoms in total. The number of hydrogen-bond acceptors (Lipinski definition) is 3. The van der Waals surface area contributed by atoms with Crippen LogP contribution in [0, 0.1) is 5.82 Å². The fourth-order valence-electron chi connectivity index (χ4n) is 2.40. The lowest BCUT2D eigenvalue weighted by molar-refractivity contribution is -0.142. The molecule has 0 aliphatic carbocycles. The van der Waals surface area contributed by atoms with Crippen molar-refractivity contribution in [2.24, 2.45) is 0 Å². The molecule has 6 heteroatoms. The third kappa shape index (κ3) is 3.77. The lowest BCUT2D eigenvalue weighted by atomic mass is 10.1. The van der Waals surface area contributed by atoms with E-state index < -0.39 is 5.97 Å². The standard InChI is InChI=1S/C14H17BrFNO3/c1-9(10-2-3-13(16)12(15)6-10)17-4-5-20-11(8-17)7-14(18)19/h2-3,6,9,11H,4-5,7-8H2,1H3,(H,18,19). The fraction of sp³-hybridized carbons (Fsp3) is 0.500. The summed E-state index contributed by atoms with van der Waals surface area (Å²) in [6.07, 6.45) is -0.274. The molecule has 1 N–H and O–H groups in total. The highest BCUT2D eigenvalue weighted by Crippen LogP contribution is 2.26. The maximum Gasteiger partial charge on any atom is 0.306 e. The van der Waals surface area contributed by atoms with Crippen LogP contribution in [0.3, 0.4) is 0 Å². The predicted octanol–water partition coefficient (Wildman–Crippen LogP) is 2.82. The van der Waals surface area contributed by atoms with Crippen molar-refractivity contribution in [1.82, 2.24) is 4.90 Å². The van der Waals surface area contributed by atoms with E-state index in [1.165, 1.54) is 6.07 Å². The Morgan fingerprint density at radius 2 is 2.40 bits per heavy atom. The molecule has 20 heavy (non-hydrogen) atoms. The zero-order chi connectivity index (χ0) is 14.7. The second kappa shape index (κ2) is 6.65. The Labute approximate surface area is 125 Å². The molecule has 0 aromatic heterocycles. The Balaban J connectivity index is 2.05. The first-order chi connectivity index (χ1) is 9.47. The highest BCUT2D eigenvalue weighted by atomic mass is 79.9. The molecular formula is C14H17BrFNO3. The van der Waals surface area contributed by atoms with Gasteiger partial charge in [-0.05, 0) is 40.5 Å². The van der Waals surface area contributed by atoms with Crippen molar-refractivity contribution >= 4 is 21.9 Å². The van der Waals surface area contributed by atoms with E-state index in [2.05, 4.69) is 20.8 Å². The number of carbonyl (C=O) groups is 1. The van der Waals surface area contributed by atoms with Gasteiger partial charge in [0.25, 0.3) is 0 Å². The van der Waals surface area contributed by atoms with Crippen LogP contribution in [0.5, 0.6) is 0 Å². The fourth-order valence-corrected chi connectivity index (χ4v) is 2.79. The van der Waals surface area contributed by atoms with Gasteiger partial charge in [-0.2, -0.15) is 0 Å². The first-order valence-corrected chi connectivity index (χ1v) is 7.29. The van der Waals surface area contributed by atoms with Gasteiger partial charge in [-0.3, -0.25) is 9.69 Å². The largest absolute Gasteiger partial charge is 0.481 e. The monoisotopic (exact) mass is 345 g/mol. The Morgan fingerprint density at radius 1 is 1.65 bits per heavy atom. The van der Waals surface area contributed by atoms with Crippen LogP contribution in [-0.2, 0) is 9.53 Å². The summed E-state index contributed by atoms with van der Waals surface area (Å²) in [6, 6.07) is 5.05. The van der Waals surface area contributed by atoms with Crippen LogP contribution >= 0.6 is 15.9 Å². The molecule has 0 saturated carbocycles. The summed E-state index contributed by atoms with van der Waals surface area (Å²) in [5.74, 6) is -1.14. The number of nitrogens with zero attached hydrogens (tertiary/aromatic N) is 1. The highest BCUT2D eigenvalue weighted by Gasteiger charge is 2.26. The van der Waals surface area contributed by atoms with E-state index in [1.807, 2.05) is 6.92 Å². The van der Waals surface area contributed by atoms with Crippen molar-refractivity contribution in [3.05, 3.63) is 34.1 Å². The molecule has 0 spiro atoms. The zero-order valence-electron chi connectivity index (χ0n) is 11.2. The third-order valence-corrected chi connectivity index (χ3v) is 4.15. The van der Waals surface area contributed by atoms with E-state index in [9.17, 15) is 9.18 Å².